The van der Waals surface area contributed by atoms with Crippen molar-refractivity contribution >= 4 is 11.9 Å². The Morgan fingerprint density at radius 1 is 0.852 bits per heavy atom. The van der Waals surface area contributed by atoms with E-state index in [1.807, 2.05) is 13.8 Å². The fourth-order valence-corrected chi connectivity index (χ4v) is 5.77. The highest BCUT2D eigenvalue weighted by Gasteiger charge is 2.48. The Balaban J connectivity index is 2.02. The van der Waals surface area contributed by atoms with Crippen molar-refractivity contribution in [3.8, 4) is 0 Å². The molecular weight excluding hydrogens is 348 g/mol. The second-order valence-electron chi connectivity index (χ2n) is 9.58. The minimum atomic E-state index is -1.04. The number of hydrogen-bond donors (Lipinski definition) is 2. The molecule has 2 aliphatic carbocycles. The summed E-state index contributed by atoms with van der Waals surface area (Å²) in [4.78, 5) is 22.7. The average molecular weight is 385 g/mol. The van der Waals surface area contributed by atoms with Gasteiger partial charge in [0.15, 0.2) is 0 Å². The van der Waals surface area contributed by atoms with Gasteiger partial charge in [0, 0.05) is 13.8 Å². The lowest BCUT2D eigenvalue weighted by Gasteiger charge is -2.47. The fraction of sp³-hybridized carbons (Fsp3) is 0.905. The molecule has 0 saturated heterocycles. The van der Waals surface area contributed by atoms with E-state index in [9.17, 15) is 19.8 Å². The third kappa shape index (κ3) is 5.44. The summed E-state index contributed by atoms with van der Waals surface area (Å²) in [5.41, 5.74) is -2.09. The van der Waals surface area contributed by atoms with Gasteiger partial charge < -0.3 is 19.7 Å². The van der Waals surface area contributed by atoms with Crippen LogP contribution in [0.4, 0.5) is 0 Å². The van der Waals surface area contributed by atoms with Crippen LogP contribution >= 0.6 is 0 Å². The molecule has 2 saturated carbocycles. The lowest BCUT2D eigenvalue weighted by atomic mass is 9.65. The van der Waals surface area contributed by atoms with Crippen molar-refractivity contribution in [3.63, 3.8) is 0 Å². The maximum atomic E-state index is 11.4. The molecule has 0 aliphatic heterocycles. The van der Waals surface area contributed by atoms with Gasteiger partial charge in [0.05, 0.1) is 11.2 Å². The summed E-state index contributed by atoms with van der Waals surface area (Å²) in [5, 5.41) is 21.7. The third-order valence-corrected chi connectivity index (χ3v) is 6.33. The van der Waals surface area contributed by atoms with Gasteiger partial charge in [-0.3, -0.25) is 9.59 Å². The van der Waals surface area contributed by atoms with Crippen LogP contribution in [0.1, 0.15) is 73.6 Å². The summed E-state index contributed by atoms with van der Waals surface area (Å²) in [5.74, 6) is 0.0505. The van der Waals surface area contributed by atoms with Gasteiger partial charge >= 0.3 is 11.9 Å². The first-order valence-corrected chi connectivity index (χ1v) is 10.1. The minimum absolute atomic E-state index is 0.0815. The van der Waals surface area contributed by atoms with E-state index in [-0.39, 0.29) is 23.8 Å². The molecule has 2 fully saturated rings. The molecule has 8 atom stereocenters. The zero-order valence-electron chi connectivity index (χ0n) is 17.5. The molecule has 6 heteroatoms. The molecule has 0 spiro atoms. The van der Waals surface area contributed by atoms with Crippen LogP contribution in [0.3, 0.4) is 0 Å². The SMILES string of the molecule is CC(=O)OC1C(C)CC(CC2CC(C)C(OC(C)=O)C(C)(O)C2)CC1(C)O. The van der Waals surface area contributed by atoms with Crippen molar-refractivity contribution in [1.82, 2.24) is 0 Å². The molecule has 27 heavy (non-hydrogen) atoms. The van der Waals surface area contributed by atoms with E-state index >= 15 is 0 Å². The molecule has 0 aromatic carbocycles. The zero-order valence-corrected chi connectivity index (χ0v) is 17.5. The van der Waals surface area contributed by atoms with E-state index < -0.39 is 23.4 Å². The number of ether oxygens (including phenoxy) is 2. The van der Waals surface area contributed by atoms with Gasteiger partial charge in [-0.15, -0.1) is 0 Å². The van der Waals surface area contributed by atoms with Gasteiger partial charge in [0.2, 0.25) is 0 Å². The van der Waals surface area contributed by atoms with Crippen LogP contribution < -0.4 is 0 Å². The van der Waals surface area contributed by atoms with Crippen LogP contribution in [0.5, 0.6) is 0 Å². The predicted molar refractivity (Wildman–Crippen MR) is 101 cm³/mol. The maximum Gasteiger partial charge on any atom is 0.303 e. The Bertz CT molecular complexity index is 507. The molecule has 0 amide bonds. The van der Waals surface area contributed by atoms with E-state index in [0.717, 1.165) is 19.3 Å². The van der Waals surface area contributed by atoms with Gasteiger partial charge in [0.25, 0.3) is 0 Å². The Morgan fingerprint density at radius 2 is 1.19 bits per heavy atom. The molecule has 0 heterocycles. The highest BCUT2D eigenvalue weighted by atomic mass is 16.6. The zero-order chi connectivity index (χ0) is 20.6. The van der Waals surface area contributed by atoms with Crippen LogP contribution in [-0.4, -0.2) is 45.6 Å². The van der Waals surface area contributed by atoms with Gasteiger partial charge in [-0.2, -0.15) is 0 Å². The number of rotatable bonds is 4. The molecule has 2 aliphatic rings. The van der Waals surface area contributed by atoms with Crippen LogP contribution in [0.25, 0.3) is 0 Å². The third-order valence-electron chi connectivity index (χ3n) is 6.33. The highest BCUT2D eigenvalue weighted by Crippen LogP contribution is 2.45. The fourth-order valence-electron chi connectivity index (χ4n) is 5.77. The quantitative estimate of drug-likeness (QED) is 0.724. The first-order chi connectivity index (χ1) is 12.3. The second-order valence-corrected chi connectivity index (χ2v) is 9.58. The first kappa shape index (κ1) is 22.2. The second kappa shape index (κ2) is 8.08. The molecule has 8 unspecified atom stereocenters. The predicted octanol–water partition coefficient (Wildman–Crippen LogP) is 2.83. The molecule has 156 valence electrons. The first-order valence-electron chi connectivity index (χ1n) is 10.1. The standard InChI is InChI=1S/C21H36O6/c1-12-7-16(10-20(5,24)18(12)26-14(3)22)9-17-8-13(2)19(27-15(4)23)21(6,25)11-17/h12-13,16-19,24-25H,7-11H2,1-6H3. The maximum absolute atomic E-state index is 11.4. The van der Waals surface area contributed by atoms with Crippen molar-refractivity contribution in [3.05, 3.63) is 0 Å². The number of esters is 2. The lowest BCUT2D eigenvalue weighted by Crippen LogP contribution is -2.53. The number of carbonyl (C=O) groups excluding carboxylic acids is 2. The summed E-state index contributed by atoms with van der Waals surface area (Å²) in [6, 6.07) is 0. The van der Waals surface area contributed by atoms with Crippen molar-refractivity contribution in [2.24, 2.45) is 23.7 Å². The highest BCUT2D eigenvalue weighted by molar-refractivity contribution is 5.66. The van der Waals surface area contributed by atoms with Crippen LogP contribution in [0.15, 0.2) is 0 Å². The van der Waals surface area contributed by atoms with Crippen LogP contribution in [0, 0.1) is 23.7 Å². The summed E-state index contributed by atoms with van der Waals surface area (Å²) in [6.45, 7) is 10.3. The molecule has 0 aromatic rings. The number of carbonyl (C=O) groups is 2. The van der Waals surface area contributed by atoms with E-state index in [2.05, 4.69) is 0 Å². The summed E-state index contributed by atoms with van der Waals surface area (Å²) in [6.07, 6.45) is 2.87. The molecule has 0 radical (unpaired) electrons. The van der Waals surface area contributed by atoms with E-state index in [4.69, 9.17) is 9.47 Å². The summed E-state index contributed by atoms with van der Waals surface area (Å²) in [7, 11) is 0. The molecule has 6 nitrogen and oxygen atoms in total. The van der Waals surface area contributed by atoms with Crippen molar-refractivity contribution in [2.45, 2.75) is 97.1 Å². The smallest absolute Gasteiger partial charge is 0.303 e. The Hall–Kier alpha value is -1.14. The van der Waals surface area contributed by atoms with E-state index in [1.54, 1.807) is 13.8 Å². The Kier molecular flexibility index (Phi) is 6.63. The van der Waals surface area contributed by atoms with Gasteiger partial charge in [0.1, 0.15) is 12.2 Å². The largest absolute Gasteiger partial charge is 0.459 e. The molecule has 2 rings (SSSR count). The van der Waals surface area contributed by atoms with Crippen molar-refractivity contribution < 1.29 is 29.3 Å². The number of hydrogen-bond acceptors (Lipinski definition) is 6. The number of aliphatic hydroxyl groups is 2. The summed E-state index contributed by atoms with van der Waals surface area (Å²) >= 11 is 0. The van der Waals surface area contributed by atoms with Gasteiger partial charge in [-0.05, 0) is 69.6 Å². The topological polar surface area (TPSA) is 93.1 Å². The summed E-state index contributed by atoms with van der Waals surface area (Å²) < 4.78 is 10.8. The van der Waals surface area contributed by atoms with Gasteiger partial charge in [-0.1, -0.05) is 13.8 Å². The normalized spacial score (nSPS) is 45.2. The van der Waals surface area contributed by atoms with E-state index in [0.29, 0.717) is 24.7 Å². The van der Waals surface area contributed by atoms with Crippen LogP contribution in [0.2, 0.25) is 0 Å². The minimum Gasteiger partial charge on any atom is -0.459 e. The van der Waals surface area contributed by atoms with E-state index in [1.165, 1.54) is 13.8 Å². The van der Waals surface area contributed by atoms with Crippen molar-refractivity contribution in [1.29, 1.82) is 0 Å². The van der Waals surface area contributed by atoms with Gasteiger partial charge in [-0.25, -0.2) is 0 Å². The Labute approximate surface area is 162 Å². The molecule has 2 N–H and O–H groups in total. The molecule has 0 aromatic heterocycles. The van der Waals surface area contributed by atoms with Crippen LogP contribution in [-0.2, 0) is 19.1 Å². The lowest BCUT2D eigenvalue weighted by molar-refractivity contribution is -0.184. The molecule has 0 bridgehead atoms. The molecular formula is C21H36O6. The monoisotopic (exact) mass is 384 g/mol. The Morgan fingerprint density at radius 3 is 1.44 bits per heavy atom. The average Bonchev–Trinajstić information content (AvgIpc) is 2.45. The van der Waals surface area contributed by atoms with Crippen molar-refractivity contribution in [2.75, 3.05) is 0 Å².